The highest BCUT2D eigenvalue weighted by Crippen LogP contribution is 2.27. The van der Waals surface area contributed by atoms with Gasteiger partial charge >= 0.3 is 0 Å². The van der Waals surface area contributed by atoms with Crippen LogP contribution in [-0.4, -0.2) is 19.9 Å². The van der Waals surface area contributed by atoms with Gasteiger partial charge in [-0.1, -0.05) is 13.0 Å². The van der Waals surface area contributed by atoms with Gasteiger partial charge in [0.2, 0.25) is 0 Å². The van der Waals surface area contributed by atoms with Crippen molar-refractivity contribution in [3.05, 3.63) is 44.9 Å². The fourth-order valence-corrected chi connectivity index (χ4v) is 3.29. The zero-order valence-corrected chi connectivity index (χ0v) is 14.6. The summed E-state index contributed by atoms with van der Waals surface area (Å²) >= 11 is 3.62. The number of rotatable bonds is 5. The summed E-state index contributed by atoms with van der Waals surface area (Å²) in [6, 6.07) is 2.05. The van der Waals surface area contributed by atoms with Crippen LogP contribution in [0.4, 0.5) is 0 Å². The standard InChI is InChI=1S/C16H22BrN3O/c1-5-12-15(17)13(20(6-2)19-12)8-14(21)16-11(4)7-10(3)9-18-16/h7,9,14,21H,5-6,8H2,1-4H3. The third-order valence-corrected chi connectivity index (χ3v) is 4.57. The van der Waals surface area contributed by atoms with E-state index in [1.54, 1.807) is 6.20 Å². The monoisotopic (exact) mass is 351 g/mol. The van der Waals surface area contributed by atoms with Crippen molar-refractivity contribution in [2.75, 3.05) is 0 Å². The first-order valence-electron chi connectivity index (χ1n) is 7.33. The number of aryl methyl sites for hydroxylation is 4. The van der Waals surface area contributed by atoms with Crippen LogP contribution in [0.15, 0.2) is 16.7 Å². The molecule has 0 spiro atoms. The lowest BCUT2D eigenvalue weighted by molar-refractivity contribution is 0.169. The van der Waals surface area contributed by atoms with E-state index in [1.165, 1.54) is 0 Å². The molecule has 0 saturated heterocycles. The van der Waals surface area contributed by atoms with Crippen LogP contribution >= 0.6 is 15.9 Å². The summed E-state index contributed by atoms with van der Waals surface area (Å²) in [5, 5.41) is 15.1. The van der Waals surface area contributed by atoms with Crippen LogP contribution in [0.3, 0.4) is 0 Å². The summed E-state index contributed by atoms with van der Waals surface area (Å²) in [5.41, 5.74) is 4.94. The zero-order chi connectivity index (χ0) is 15.6. The number of hydrogen-bond donors (Lipinski definition) is 1. The molecule has 2 rings (SSSR count). The van der Waals surface area contributed by atoms with Gasteiger partial charge in [-0.05, 0) is 54.2 Å². The second-order valence-electron chi connectivity index (χ2n) is 5.31. The average molecular weight is 352 g/mol. The van der Waals surface area contributed by atoms with Gasteiger partial charge in [-0.25, -0.2) is 0 Å². The Kier molecular flexibility index (Phi) is 5.17. The molecule has 2 aromatic rings. The van der Waals surface area contributed by atoms with Crippen molar-refractivity contribution >= 4 is 15.9 Å². The minimum atomic E-state index is -0.617. The molecule has 0 radical (unpaired) electrons. The largest absolute Gasteiger partial charge is 0.386 e. The number of aliphatic hydroxyl groups is 1. The lowest BCUT2D eigenvalue weighted by Gasteiger charge is -2.14. The normalized spacial score (nSPS) is 12.7. The molecule has 2 heterocycles. The Balaban J connectivity index is 2.31. The van der Waals surface area contributed by atoms with Crippen molar-refractivity contribution in [2.24, 2.45) is 0 Å². The molecule has 114 valence electrons. The van der Waals surface area contributed by atoms with Crippen molar-refractivity contribution in [1.82, 2.24) is 14.8 Å². The van der Waals surface area contributed by atoms with E-state index in [1.807, 2.05) is 18.5 Å². The van der Waals surface area contributed by atoms with Crippen LogP contribution < -0.4 is 0 Å². The molecule has 0 aliphatic carbocycles. The first-order chi connectivity index (χ1) is 9.97. The van der Waals surface area contributed by atoms with Gasteiger partial charge in [0.05, 0.1) is 21.6 Å². The van der Waals surface area contributed by atoms with E-state index in [9.17, 15) is 5.11 Å². The maximum absolute atomic E-state index is 10.5. The van der Waals surface area contributed by atoms with Crippen LogP contribution in [0.1, 0.15) is 48.2 Å². The molecule has 5 heteroatoms. The molecule has 1 N–H and O–H groups in total. The third-order valence-electron chi connectivity index (χ3n) is 3.65. The molecule has 0 aliphatic heterocycles. The molecule has 21 heavy (non-hydrogen) atoms. The maximum atomic E-state index is 10.5. The predicted molar refractivity (Wildman–Crippen MR) is 87.4 cm³/mol. The number of halogens is 1. The average Bonchev–Trinajstić information content (AvgIpc) is 2.75. The predicted octanol–water partition coefficient (Wildman–Crippen LogP) is 3.52. The highest BCUT2D eigenvalue weighted by atomic mass is 79.9. The van der Waals surface area contributed by atoms with Gasteiger partial charge in [-0.15, -0.1) is 0 Å². The van der Waals surface area contributed by atoms with Crippen molar-refractivity contribution in [3.8, 4) is 0 Å². The first-order valence-corrected chi connectivity index (χ1v) is 8.12. The number of nitrogens with zero attached hydrogens (tertiary/aromatic N) is 3. The second-order valence-corrected chi connectivity index (χ2v) is 6.10. The summed E-state index contributed by atoms with van der Waals surface area (Å²) in [6.07, 6.45) is 2.57. The lowest BCUT2D eigenvalue weighted by atomic mass is 10.0. The summed E-state index contributed by atoms with van der Waals surface area (Å²) < 4.78 is 2.96. The topological polar surface area (TPSA) is 50.9 Å². The Bertz CT molecular complexity index is 637. The Morgan fingerprint density at radius 2 is 2.05 bits per heavy atom. The van der Waals surface area contributed by atoms with E-state index < -0.39 is 6.10 Å². The van der Waals surface area contributed by atoms with E-state index >= 15 is 0 Å². The summed E-state index contributed by atoms with van der Waals surface area (Å²) in [5.74, 6) is 0. The van der Waals surface area contributed by atoms with Crippen molar-refractivity contribution < 1.29 is 5.11 Å². The molecule has 0 fully saturated rings. The fourth-order valence-electron chi connectivity index (χ4n) is 2.57. The molecule has 4 nitrogen and oxygen atoms in total. The van der Waals surface area contributed by atoms with Gasteiger partial charge < -0.3 is 5.11 Å². The molecule has 2 aromatic heterocycles. The molecule has 1 unspecified atom stereocenters. The minimum absolute atomic E-state index is 0.512. The number of hydrogen-bond acceptors (Lipinski definition) is 3. The third kappa shape index (κ3) is 3.35. The van der Waals surface area contributed by atoms with Gasteiger partial charge in [0.15, 0.2) is 0 Å². The number of aromatic nitrogens is 3. The van der Waals surface area contributed by atoms with Gasteiger partial charge in [0, 0.05) is 19.2 Å². The maximum Gasteiger partial charge on any atom is 0.102 e. The van der Waals surface area contributed by atoms with E-state index in [-0.39, 0.29) is 0 Å². The SMILES string of the molecule is CCc1nn(CC)c(CC(O)c2ncc(C)cc2C)c1Br. The molecule has 1 atom stereocenters. The molecule has 0 amide bonds. The first kappa shape index (κ1) is 16.2. The lowest BCUT2D eigenvalue weighted by Crippen LogP contribution is -2.11. The van der Waals surface area contributed by atoms with Gasteiger partial charge in [0.25, 0.3) is 0 Å². The smallest absolute Gasteiger partial charge is 0.102 e. The Hall–Kier alpha value is -1.20. The van der Waals surface area contributed by atoms with Crippen molar-refractivity contribution in [3.63, 3.8) is 0 Å². The Morgan fingerprint density at radius 3 is 2.62 bits per heavy atom. The Morgan fingerprint density at radius 1 is 1.33 bits per heavy atom. The van der Waals surface area contributed by atoms with E-state index in [4.69, 9.17) is 0 Å². The van der Waals surface area contributed by atoms with Crippen LogP contribution in [0.2, 0.25) is 0 Å². The summed E-state index contributed by atoms with van der Waals surface area (Å²) in [4.78, 5) is 4.39. The van der Waals surface area contributed by atoms with Crippen molar-refractivity contribution in [2.45, 2.75) is 53.2 Å². The zero-order valence-electron chi connectivity index (χ0n) is 13.0. The van der Waals surface area contributed by atoms with E-state index in [0.29, 0.717) is 6.42 Å². The minimum Gasteiger partial charge on any atom is -0.386 e. The van der Waals surface area contributed by atoms with Crippen LogP contribution in [-0.2, 0) is 19.4 Å². The van der Waals surface area contributed by atoms with Gasteiger partial charge in [0.1, 0.15) is 6.10 Å². The number of aliphatic hydroxyl groups excluding tert-OH is 1. The molecular weight excluding hydrogens is 330 g/mol. The highest BCUT2D eigenvalue weighted by molar-refractivity contribution is 9.10. The fraction of sp³-hybridized carbons (Fsp3) is 0.500. The van der Waals surface area contributed by atoms with Crippen LogP contribution in [0, 0.1) is 13.8 Å². The number of pyridine rings is 1. The quantitative estimate of drug-likeness (QED) is 0.896. The van der Waals surface area contributed by atoms with Crippen molar-refractivity contribution in [1.29, 1.82) is 0 Å². The summed E-state index contributed by atoms with van der Waals surface area (Å²) in [6.45, 7) is 8.93. The summed E-state index contributed by atoms with van der Waals surface area (Å²) in [7, 11) is 0. The molecular formula is C16H22BrN3O. The van der Waals surface area contributed by atoms with Crippen LogP contribution in [0.5, 0.6) is 0 Å². The second kappa shape index (κ2) is 6.71. The molecule has 0 bridgehead atoms. The van der Waals surface area contributed by atoms with Gasteiger partial charge in [-0.3, -0.25) is 9.67 Å². The van der Waals surface area contributed by atoms with E-state index in [2.05, 4.69) is 45.9 Å². The van der Waals surface area contributed by atoms with Crippen LogP contribution in [0.25, 0.3) is 0 Å². The van der Waals surface area contributed by atoms with E-state index in [0.717, 1.165) is 45.6 Å². The Labute approximate surface area is 134 Å². The van der Waals surface area contributed by atoms with Gasteiger partial charge in [-0.2, -0.15) is 5.10 Å². The molecule has 0 aliphatic rings. The highest BCUT2D eigenvalue weighted by Gasteiger charge is 2.20. The molecule has 0 aromatic carbocycles. The molecule has 0 saturated carbocycles.